The summed E-state index contributed by atoms with van der Waals surface area (Å²) in [6.07, 6.45) is 1.99. The van der Waals surface area contributed by atoms with E-state index in [9.17, 15) is 10.1 Å². The van der Waals surface area contributed by atoms with Crippen LogP contribution in [0.2, 0.25) is 5.02 Å². The summed E-state index contributed by atoms with van der Waals surface area (Å²) >= 11 is 7.02. The first-order chi connectivity index (χ1) is 16.0. The van der Waals surface area contributed by atoms with Gasteiger partial charge in [-0.3, -0.25) is 10.1 Å². The first kappa shape index (κ1) is 21.6. The van der Waals surface area contributed by atoms with Crippen molar-refractivity contribution in [1.82, 2.24) is 15.2 Å². The number of carbonyl (C=O) groups excluding carboxylic acids is 1. The fourth-order valence-corrected chi connectivity index (χ4v) is 4.32. The van der Waals surface area contributed by atoms with Crippen molar-refractivity contribution in [3.05, 3.63) is 58.2 Å². The maximum absolute atomic E-state index is 13.1. The van der Waals surface area contributed by atoms with Crippen LogP contribution in [0.1, 0.15) is 34.5 Å². The Hall–Kier alpha value is -3.26. The molecule has 33 heavy (non-hydrogen) atoms. The topological polar surface area (TPSA) is 113 Å². The average molecular weight is 483 g/mol. The lowest BCUT2D eigenvalue weighted by Gasteiger charge is -2.34. The Morgan fingerprint density at radius 2 is 2.09 bits per heavy atom. The Labute approximate surface area is 198 Å². The molecule has 2 aromatic heterocycles. The lowest BCUT2D eigenvalue weighted by Crippen LogP contribution is -2.45. The van der Waals surface area contributed by atoms with Crippen molar-refractivity contribution in [1.29, 1.82) is 5.26 Å². The van der Waals surface area contributed by atoms with Gasteiger partial charge in [0.05, 0.1) is 17.8 Å². The molecule has 1 aromatic carbocycles. The van der Waals surface area contributed by atoms with Gasteiger partial charge in [0.1, 0.15) is 24.2 Å². The number of hydrogen-bond donors (Lipinski definition) is 1. The number of benzene rings is 1. The number of aromatic nitrogens is 3. The third-order valence-corrected chi connectivity index (χ3v) is 6.50. The predicted octanol–water partition coefficient (Wildman–Crippen LogP) is 3.66. The molecule has 3 heterocycles. The van der Waals surface area contributed by atoms with E-state index in [1.54, 1.807) is 18.2 Å². The molecule has 0 bridgehead atoms. The molecule has 168 valence electrons. The summed E-state index contributed by atoms with van der Waals surface area (Å²) in [6.45, 7) is 2.12. The van der Waals surface area contributed by atoms with Gasteiger partial charge in [-0.05, 0) is 54.0 Å². The second-order valence-electron chi connectivity index (χ2n) is 7.87. The number of rotatable bonds is 6. The minimum atomic E-state index is -0.376. The lowest BCUT2D eigenvalue weighted by molar-refractivity contribution is 0.0203. The number of ether oxygens (including phenoxy) is 2. The van der Waals surface area contributed by atoms with E-state index in [0.29, 0.717) is 53.0 Å². The van der Waals surface area contributed by atoms with E-state index in [4.69, 9.17) is 21.1 Å². The highest BCUT2D eigenvalue weighted by Gasteiger charge is 2.48. The van der Waals surface area contributed by atoms with Gasteiger partial charge >= 0.3 is 0 Å². The van der Waals surface area contributed by atoms with Crippen LogP contribution < -0.4 is 15.0 Å². The second kappa shape index (κ2) is 8.94. The maximum Gasteiger partial charge on any atom is 0.296 e. The van der Waals surface area contributed by atoms with Gasteiger partial charge in [-0.1, -0.05) is 28.8 Å². The molecule has 1 amide bonds. The molecular formula is C22H19ClN6O3S. The van der Waals surface area contributed by atoms with Gasteiger partial charge in [0, 0.05) is 18.1 Å². The monoisotopic (exact) mass is 482 g/mol. The summed E-state index contributed by atoms with van der Waals surface area (Å²) in [5, 5.41) is 21.3. The first-order valence-electron chi connectivity index (χ1n) is 10.4. The molecule has 3 aromatic rings. The number of nitrogens with zero attached hydrogens (tertiary/aromatic N) is 5. The molecule has 1 saturated carbocycles. The summed E-state index contributed by atoms with van der Waals surface area (Å²) in [5.74, 6) is 0.101. The molecule has 1 N–H and O–H groups in total. The van der Waals surface area contributed by atoms with Crippen LogP contribution in [-0.4, -0.2) is 46.4 Å². The van der Waals surface area contributed by atoms with Crippen molar-refractivity contribution in [2.75, 3.05) is 29.9 Å². The Morgan fingerprint density at radius 3 is 2.85 bits per heavy atom. The molecule has 0 atom stereocenters. The maximum atomic E-state index is 13.1. The molecule has 5 rings (SSSR count). The van der Waals surface area contributed by atoms with E-state index in [1.165, 1.54) is 6.07 Å². The van der Waals surface area contributed by atoms with E-state index >= 15 is 0 Å². The van der Waals surface area contributed by atoms with E-state index in [0.717, 1.165) is 29.7 Å². The predicted molar refractivity (Wildman–Crippen MR) is 123 cm³/mol. The van der Waals surface area contributed by atoms with Gasteiger partial charge < -0.3 is 14.4 Å². The van der Waals surface area contributed by atoms with Crippen molar-refractivity contribution in [2.45, 2.75) is 25.0 Å². The van der Waals surface area contributed by atoms with E-state index in [1.807, 2.05) is 23.1 Å². The van der Waals surface area contributed by atoms with Crippen LogP contribution in [-0.2, 0) is 11.3 Å². The van der Waals surface area contributed by atoms with Crippen LogP contribution in [0.3, 0.4) is 0 Å². The van der Waals surface area contributed by atoms with E-state index in [2.05, 4.69) is 20.5 Å². The minimum absolute atomic E-state index is 0.147. The van der Waals surface area contributed by atoms with E-state index < -0.39 is 0 Å². The normalized spacial score (nSPS) is 16.3. The highest BCUT2D eigenvalue weighted by Crippen LogP contribution is 2.43. The minimum Gasteiger partial charge on any atom is -0.464 e. The van der Waals surface area contributed by atoms with Crippen molar-refractivity contribution < 1.29 is 14.3 Å². The van der Waals surface area contributed by atoms with Gasteiger partial charge in [0.25, 0.3) is 11.1 Å². The summed E-state index contributed by atoms with van der Waals surface area (Å²) in [7, 11) is 0. The van der Waals surface area contributed by atoms with Crippen LogP contribution in [0.5, 0.6) is 5.19 Å². The molecule has 1 saturated heterocycles. The Kier molecular flexibility index (Phi) is 5.85. The van der Waals surface area contributed by atoms with Gasteiger partial charge in [0.15, 0.2) is 0 Å². The summed E-state index contributed by atoms with van der Waals surface area (Å²) in [4.78, 5) is 19.5. The number of amides is 1. The third kappa shape index (κ3) is 4.90. The van der Waals surface area contributed by atoms with Crippen molar-refractivity contribution in [3.63, 3.8) is 0 Å². The number of carbonyl (C=O) groups is 1. The quantitative estimate of drug-likeness (QED) is 0.566. The Morgan fingerprint density at radius 1 is 1.27 bits per heavy atom. The van der Waals surface area contributed by atoms with Gasteiger partial charge in [-0.2, -0.15) is 5.26 Å². The highest BCUT2D eigenvalue weighted by molar-refractivity contribution is 7.17. The number of hydrogen-bond acceptors (Lipinski definition) is 9. The van der Waals surface area contributed by atoms with Crippen molar-refractivity contribution in [3.8, 4) is 11.3 Å². The third-order valence-electron chi connectivity index (χ3n) is 5.49. The number of nitrogens with one attached hydrogen (secondary N) is 1. The summed E-state index contributed by atoms with van der Waals surface area (Å²) < 4.78 is 11.5. The molecule has 2 aliphatic rings. The molecule has 0 radical (unpaired) electrons. The van der Waals surface area contributed by atoms with Crippen LogP contribution >= 0.6 is 22.9 Å². The smallest absolute Gasteiger partial charge is 0.296 e. The fourth-order valence-electron chi connectivity index (χ4n) is 3.61. The number of halogens is 1. The molecule has 11 heteroatoms. The molecule has 2 fully saturated rings. The van der Waals surface area contributed by atoms with Crippen molar-refractivity contribution >= 4 is 39.8 Å². The zero-order valence-electron chi connectivity index (χ0n) is 17.5. The molecule has 1 spiro atoms. The second-order valence-corrected chi connectivity index (χ2v) is 9.25. The lowest BCUT2D eigenvalue weighted by atomic mass is 10.1. The molecule has 9 nitrogen and oxygen atoms in total. The van der Waals surface area contributed by atoms with Gasteiger partial charge in [0.2, 0.25) is 5.13 Å². The standard InChI is InChI=1S/C22H19ClN6O3S/c23-15-3-1-14(2-4-15)12-31-21-28-27-20(33-21)26-19(30)17-6-5-16(11-24)25-18(17)29-9-10-32-22(13-29)7-8-22/h1-6H,7-10,12-13H2,(H,26,27,30). The number of nitriles is 1. The first-order valence-corrected chi connectivity index (χ1v) is 11.6. The van der Waals surface area contributed by atoms with Crippen LogP contribution in [0, 0.1) is 11.3 Å². The van der Waals surface area contributed by atoms with Gasteiger partial charge in [-0.15, -0.1) is 5.10 Å². The molecule has 0 unspecified atom stereocenters. The van der Waals surface area contributed by atoms with Crippen LogP contribution in [0.15, 0.2) is 36.4 Å². The highest BCUT2D eigenvalue weighted by atomic mass is 35.5. The number of anilines is 2. The summed E-state index contributed by atoms with van der Waals surface area (Å²) in [6, 6.07) is 12.5. The zero-order valence-corrected chi connectivity index (χ0v) is 19.0. The number of pyridine rings is 1. The van der Waals surface area contributed by atoms with Gasteiger partial charge in [-0.25, -0.2) is 4.98 Å². The largest absolute Gasteiger partial charge is 0.464 e. The number of morpholine rings is 1. The van der Waals surface area contributed by atoms with Crippen LogP contribution in [0.4, 0.5) is 10.9 Å². The molecule has 1 aliphatic heterocycles. The Balaban J connectivity index is 1.29. The molecule has 1 aliphatic carbocycles. The zero-order chi connectivity index (χ0) is 22.8. The fraction of sp³-hybridized carbons (Fsp3) is 0.318. The van der Waals surface area contributed by atoms with Crippen LogP contribution in [0.25, 0.3) is 0 Å². The average Bonchev–Trinajstić information content (AvgIpc) is 3.42. The Bertz CT molecular complexity index is 1220. The van der Waals surface area contributed by atoms with Crippen molar-refractivity contribution in [2.24, 2.45) is 0 Å². The molecular weight excluding hydrogens is 464 g/mol. The summed E-state index contributed by atoms with van der Waals surface area (Å²) in [5.41, 5.74) is 1.41. The SMILES string of the molecule is N#Cc1ccc(C(=O)Nc2nnc(OCc3ccc(Cl)cc3)s2)c(N2CCOC3(CC3)C2)n1. The van der Waals surface area contributed by atoms with E-state index in [-0.39, 0.29) is 17.2 Å².